The monoisotopic (exact) mass is 383 g/mol. The van der Waals surface area contributed by atoms with E-state index in [1.165, 1.54) is 18.7 Å². The molecule has 10 heteroatoms. The average Bonchev–Trinajstić information content (AvgIpc) is 3.05. The standard InChI is InChI=1S/C18H17N5O5/c1-23-16(22-28-18(23)25)15(12-7-4-3-5-8-12)21-27-11-13-9-6-10-14(19-13)20-17(24)26-2/h3-10H,11H2,1-2H3,(H,19,20,24). The van der Waals surface area contributed by atoms with E-state index in [2.05, 4.69) is 29.9 Å². The van der Waals surface area contributed by atoms with E-state index in [1.54, 1.807) is 30.3 Å². The highest BCUT2D eigenvalue weighted by molar-refractivity contribution is 6.10. The van der Waals surface area contributed by atoms with Crippen LogP contribution in [-0.4, -0.2) is 33.6 Å². The number of carbonyl (C=O) groups is 1. The Balaban J connectivity index is 1.81. The number of hydrogen-bond donors (Lipinski definition) is 1. The van der Waals surface area contributed by atoms with Crippen LogP contribution >= 0.6 is 0 Å². The Morgan fingerprint density at radius 1 is 1.21 bits per heavy atom. The van der Waals surface area contributed by atoms with Crippen molar-refractivity contribution in [2.75, 3.05) is 12.4 Å². The van der Waals surface area contributed by atoms with Gasteiger partial charge in [0.2, 0.25) is 5.82 Å². The van der Waals surface area contributed by atoms with Gasteiger partial charge in [0.1, 0.15) is 5.82 Å². The van der Waals surface area contributed by atoms with Crippen molar-refractivity contribution in [1.82, 2.24) is 14.7 Å². The van der Waals surface area contributed by atoms with Crippen LogP contribution < -0.4 is 11.1 Å². The number of pyridine rings is 1. The SMILES string of the molecule is COC(=O)Nc1cccc(CON=C(c2ccccc2)c2noc(=O)n2C)n1. The minimum absolute atomic E-state index is 0.0266. The molecule has 2 heterocycles. The van der Waals surface area contributed by atoms with E-state index in [0.29, 0.717) is 22.8 Å². The van der Waals surface area contributed by atoms with E-state index < -0.39 is 11.8 Å². The Bertz CT molecular complexity index is 1040. The van der Waals surface area contributed by atoms with Gasteiger partial charge < -0.3 is 9.57 Å². The molecule has 1 amide bonds. The highest BCUT2D eigenvalue weighted by Crippen LogP contribution is 2.10. The number of oxime groups is 1. The van der Waals surface area contributed by atoms with Gasteiger partial charge in [0.15, 0.2) is 12.3 Å². The lowest BCUT2D eigenvalue weighted by molar-refractivity contribution is 0.128. The summed E-state index contributed by atoms with van der Waals surface area (Å²) in [4.78, 5) is 32.5. The lowest BCUT2D eigenvalue weighted by Crippen LogP contribution is -2.17. The summed E-state index contributed by atoms with van der Waals surface area (Å²) >= 11 is 0. The van der Waals surface area contributed by atoms with Gasteiger partial charge in [0, 0.05) is 12.6 Å². The van der Waals surface area contributed by atoms with Gasteiger partial charge in [0.25, 0.3) is 0 Å². The molecule has 0 saturated heterocycles. The topological polar surface area (TPSA) is 121 Å². The maximum atomic E-state index is 11.6. The largest absolute Gasteiger partial charge is 0.453 e. The van der Waals surface area contributed by atoms with E-state index in [1.807, 2.05) is 18.2 Å². The fourth-order valence-electron chi connectivity index (χ4n) is 2.26. The molecule has 0 bridgehead atoms. The van der Waals surface area contributed by atoms with Crippen molar-refractivity contribution in [3.05, 3.63) is 76.2 Å². The van der Waals surface area contributed by atoms with E-state index in [4.69, 9.17) is 4.84 Å². The van der Waals surface area contributed by atoms with E-state index in [0.717, 1.165) is 0 Å². The third kappa shape index (κ3) is 4.41. The second-order valence-electron chi connectivity index (χ2n) is 5.54. The van der Waals surface area contributed by atoms with Gasteiger partial charge in [-0.05, 0) is 12.1 Å². The van der Waals surface area contributed by atoms with Gasteiger partial charge in [-0.25, -0.2) is 14.6 Å². The molecule has 3 rings (SSSR count). The number of amides is 1. The molecule has 1 aromatic carbocycles. The molecule has 28 heavy (non-hydrogen) atoms. The number of nitrogens with one attached hydrogen (secondary N) is 1. The maximum Gasteiger partial charge on any atom is 0.441 e. The van der Waals surface area contributed by atoms with E-state index >= 15 is 0 Å². The predicted octanol–water partition coefficient (Wildman–Crippen LogP) is 1.92. The van der Waals surface area contributed by atoms with Gasteiger partial charge >= 0.3 is 11.8 Å². The normalized spacial score (nSPS) is 11.1. The summed E-state index contributed by atoms with van der Waals surface area (Å²) in [6.45, 7) is 0.0266. The number of nitrogens with zero attached hydrogens (tertiary/aromatic N) is 4. The van der Waals surface area contributed by atoms with Crippen molar-refractivity contribution < 1.29 is 18.9 Å². The second kappa shape index (κ2) is 8.62. The number of benzene rings is 1. The number of rotatable bonds is 6. The Hall–Kier alpha value is -3.95. The van der Waals surface area contributed by atoms with Crippen LogP contribution in [0.4, 0.5) is 10.6 Å². The molecule has 2 aromatic heterocycles. The Labute approximate surface area is 159 Å². The third-order valence-electron chi connectivity index (χ3n) is 3.65. The molecule has 144 valence electrons. The zero-order valence-corrected chi connectivity index (χ0v) is 15.2. The Morgan fingerprint density at radius 3 is 2.68 bits per heavy atom. The molecule has 0 aliphatic rings. The van der Waals surface area contributed by atoms with Crippen LogP contribution in [0.25, 0.3) is 0 Å². The van der Waals surface area contributed by atoms with Gasteiger partial charge in [-0.15, -0.1) is 0 Å². The van der Waals surface area contributed by atoms with Gasteiger partial charge in [-0.3, -0.25) is 14.4 Å². The quantitative estimate of drug-likeness (QED) is 0.510. The number of anilines is 1. The first-order valence-corrected chi connectivity index (χ1v) is 8.18. The minimum Gasteiger partial charge on any atom is -0.453 e. The van der Waals surface area contributed by atoms with E-state index in [-0.39, 0.29) is 12.4 Å². The molecule has 0 aliphatic carbocycles. The van der Waals surface area contributed by atoms with Crippen LogP contribution in [0.15, 0.2) is 63.0 Å². The summed E-state index contributed by atoms with van der Waals surface area (Å²) in [6, 6.07) is 14.2. The van der Waals surface area contributed by atoms with Crippen molar-refractivity contribution in [1.29, 1.82) is 0 Å². The lowest BCUT2D eigenvalue weighted by atomic mass is 10.1. The number of hydrogen-bond acceptors (Lipinski definition) is 8. The molecule has 0 atom stereocenters. The average molecular weight is 383 g/mol. The molecule has 0 spiro atoms. The maximum absolute atomic E-state index is 11.6. The van der Waals surface area contributed by atoms with Crippen LogP contribution in [0.3, 0.4) is 0 Å². The Morgan fingerprint density at radius 2 is 2.00 bits per heavy atom. The van der Waals surface area contributed by atoms with Crippen molar-refractivity contribution in [3.8, 4) is 0 Å². The lowest BCUT2D eigenvalue weighted by Gasteiger charge is -2.07. The minimum atomic E-state index is -0.623. The van der Waals surface area contributed by atoms with Gasteiger partial charge in [-0.2, -0.15) is 0 Å². The summed E-state index contributed by atoms with van der Waals surface area (Å²) in [5, 5.41) is 10.4. The molecule has 0 fully saturated rings. The van der Waals surface area contributed by atoms with Gasteiger partial charge in [0.05, 0.1) is 12.8 Å². The first kappa shape index (κ1) is 18.8. The Kier molecular flexibility index (Phi) is 5.80. The smallest absolute Gasteiger partial charge is 0.441 e. The zero-order valence-electron chi connectivity index (χ0n) is 15.2. The van der Waals surface area contributed by atoms with Crippen molar-refractivity contribution in [2.45, 2.75) is 6.61 Å². The van der Waals surface area contributed by atoms with Crippen LogP contribution in [0.2, 0.25) is 0 Å². The first-order chi connectivity index (χ1) is 13.6. The molecular weight excluding hydrogens is 366 g/mol. The highest BCUT2D eigenvalue weighted by atomic mass is 16.6. The number of aromatic nitrogens is 3. The summed E-state index contributed by atoms with van der Waals surface area (Å²) in [6.07, 6.45) is -0.623. The molecule has 1 N–H and O–H groups in total. The zero-order chi connectivity index (χ0) is 19.9. The van der Waals surface area contributed by atoms with Crippen molar-refractivity contribution >= 4 is 17.6 Å². The predicted molar refractivity (Wildman–Crippen MR) is 98.9 cm³/mol. The van der Waals surface area contributed by atoms with Crippen LogP contribution in [0, 0.1) is 0 Å². The van der Waals surface area contributed by atoms with Crippen LogP contribution in [-0.2, 0) is 23.2 Å². The molecule has 0 unspecified atom stereocenters. The summed E-state index contributed by atoms with van der Waals surface area (Å²) in [5.74, 6) is -0.0636. The molecule has 0 saturated carbocycles. The third-order valence-corrected chi connectivity index (χ3v) is 3.65. The molecule has 3 aromatic rings. The van der Waals surface area contributed by atoms with Crippen molar-refractivity contribution in [2.24, 2.45) is 12.2 Å². The summed E-state index contributed by atoms with van der Waals surface area (Å²) in [7, 11) is 2.79. The van der Waals surface area contributed by atoms with Gasteiger partial charge in [-0.1, -0.05) is 46.7 Å². The summed E-state index contributed by atoms with van der Waals surface area (Å²) in [5.41, 5.74) is 1.55. The number of methoxy groups -OCH3 is 1. The van der Waals surface area contributed by atoms with E-state index in [9.17, 15) is 9.59 Å². The highest BCUT2D eigenvalue weighted by Gasteiger charge is 2.17. The molecular formula is C18H17N5O5. The first-order valence-electron chi connectivity index (χ1n) is 8.18. The fourth-order valence-corrected chi connectivity index (χ4v) is 2.26. The van der Waals surface area contributed by atoms with Crippen LogP contribution in [0.1, 0.15) is 17.1 Å². The number of ether oxygens (including phenoxy) is 1. The molecule has 10 nitrogen and oxygen atoms in total. The molecule has 0 aliphatic heterocycles. The number of carbonyl (C=O) groups excluding carboxylic acids is 1. The second-order valence-corrected chi connectivity index (χ2v) is 5.54. The van der Waals surface area contributed by atoms with Crippen molar-refractivity contribution in [3.63, 3.8) is 0 Å². The van der Waals surface area contributed by atoms with Crippen LogP contribution in [0.5, 0.6) is 0 Å². The fraction of sp³-hybridized carbons (Fsp3) is 0.167. The molecule has 0 radical (unpaired) electrons. The summed E-state index contributed by atoms with van der Waals surface area (Å²) < 4.78 is 10.4.